The van der Waals surface area contributed by atoms with Gasteiger partial charge in [-0.05, 0) is 25.2 Å². The van der Waals surface area contributed by atoms with Gasteiger partial charge in [-0.25, -0.2) is 0 Å². The van der Waals surface area contributed by atoms with Crippen LogP contribution in [0, 0.1) is 29.1 Å². The monoisotopic (exact) mass is 178 g/mol. The molecule has 2 rings (SSSR count). The van der Waals surface area contributed by atoms with Crippen LogP contribution in [0.4, 0.5) is 0 Å². The Kier molecular flexibility index (Phi) is 1.48. The Labute approximate surface area is 80.5 Å². The Morgan fingerprint density at radius 3 is 2.31 bits per heavy atom. The highest BCUT2D eigenvalue weighted by Crippen LogP contribution is 2.67. The molecule has 2 saturated carbocycles. The molecule has 0 heterocycles. The van der Waals surface area contributed by atoms with E-state index in [-0.39, 0.29) is 10.8 Å². The van der Waals surface area contributed by atoms with E-state index in [0.717, 1.165) is 12.8 Å². The summed E-state index contributed by atoms with van der Waals surface area (Å²) in [6.45, 7) is 6.37. The molecule has 0 spiro atoms. The Hall–Kier alpha value is -0.480. The number of hydrogen-bond acceptors (Lipinski definition) is 1. The molecule has 2 aliphatic rings. The smallest absolute Gasteiger partial charge is 0.135 e. The maximum absolute atomic E-state index is 10.5. The van der Waals surface area contributed by atoms with Gasteiger partial charge >= 0.3 is 0 Å². The van der Waals surface area contributed by atoms with E-state index in [9.17, 15) is 5.11 Å². The maximum atomic E-state index is 10.5. The van der Waals surface area contributed by atoms with E-state index < -0.39 is 5.60 Å². The summed E-state index contributed by atoms with van der Waals surface area (Å²) in [5, 5.41) is 10.5. The normalized spacial score (nSPS) is 52.1. The average molecular weight is 178 g/mol. The SMILES string of the molecule is C#CC1(O)C(C)(C)[C@@H]2CC[C@@]1(C)C2. The Morgan fingerprint density at radius 2 is 2.00 bits per heavy atom. The minimum absolute atomic E-state index is 0.0318. The second-order valence-electron chi connectivity index (χ2n) is 5.58. The van der Waals surface area contributed by atoms with Crippen LogP contribution in [0.2, 0.25) is 0 Å². The summed E-state index contributed by atoms with van der Waals surface area (Å²) in [6.07, 6.45) is 8.93. The second-order valence-corrected chi connectivity index (χ2v) is 5.58. The number of rotatable bonds is 0. The van der Waals surface area contributed by atoms with Gasteiger partial charge < -0.3 is 5.11 Å². The fourth-order valence-electron chi connectivity index (χ4n) is 3.62. The van der Waals surface area contributed by atoms with Gasteiger partial charge in [0.15, 0.2) is 0 Å². The molecule has 2 bridgehead atoms. The first-order chi connectivity index (χ1) is 5.87. The van der Waals surface area contributed by atoms with Gasteiger partial charge in [0.2, 0.25) is 0 Å². The maximum Gasteiger partial charge on any atom is 0.135 e. The number of hydrogen-bond donors (Lipinski definition) is 1. The molecule has 2 fully saturated rings. The third-order valence-corrected chi connectivity index (χ3v) is 4.78. The standard InChI is InChI=1S/C12H18O/c1-5-12(13)10(2,3)9-6-7-11(12,4)8-9/h1,9,13H,6-8H2,2-4H3/t9-,11+,12?/m1/s1. The molecule has 0 aliphatic heterocycles. The van der Waals surface area contributed by atoms with Crippen molar-refractivity contribution in [3.63, 3.8) is 0 Å². The van der Waals surface area contributed by atoms with Crippen molar-refractivity contribution in [3.8, 4) is 12.3 Å². The summed E-state index contributed by atoms with van der Waals surface area (Å²) in [4.78, 5) is 0. The molecule has 3 atom stereocenters. The molecule has 0 aromatic heterocycles. The van der Waals surface area contributed by atoms with Crippen molar-refractivity contribution in [2.75, 3.05) is 0 Å². The highest BCUT2D eigenvalue weighted by molar-refractivity contribution is 5.29. The predicted molar refractivity (Wildman–Crippen MR) is 53.0 cm³/mol. The zero-order valence-electron chi connectivity index (χ0n) is 8.72. The molecule has 1 unspecified atom stereocenters. The third-order valence-electron chi connectivity index (χ3n) is 4.78. The number of fused-ring (bicyclic) bond motifs is 2. The van der Waals surface area contributed by atoms with Crippen LogP contribution in [-0.2, 0) is 0 Å². The molecule has 1 nitrogen and oxygen atoms in total. The zero-order valence-corrected chi connectivity index (χ0v) is 8.72. The molecule has 0 saturated heterocycles. The summed E-state index contributed by atoms with van der Waals surface area (Å²) in [5.41, 5.74) is -1.02. The van der Waals surface area contributed by atoms with E-state index >= 15 is 0 Å². The van der Waals surface area contributed by atoms with Crippen LogP contribution in [0.25, 0.3) is 0 Å². The third kappa shape index (κ3) is 0.742. The summed E-state index contributed by atoms with van der Waals surface area (Å²) < 4.78 is 0. The fraction of sp³-hybridized carbons (Fsp3) is 0.833. The van der Waals surface area contributed by atoms with Crippen LogP contribution in [0.1, 0.15) is 40.0 Å². The van der Waals surface area contributed by atoms with E-state index in [1.807, 2.05) is 0 Å². The lowest BCUT2D eigenvalue weighted by Crippen LogP contribution is -2.52. The Bertz CT molecular complexity index is 279. The topological polar surface area (TPSA) is 20.2 Å². The first-order valence-corrected chi connectivity index (χ1v) is 5.07. The number of aliphatic hydroxyl groups is 1. The summed E-state index contributed by atoms with van der Waals surface area (Å²) >= 11 is 0. The highest BCUT2D eigenvalue weighted by Gasteiger charge is 2.67. The number of terminal acetylenes is 1. The molecular weight excluding hydrogens is 160 g/mol. The van der Waals surface area contributed by atoms with Crippen molar-refractivity contribution in [1.82, 2.24) is 0 Å². The van der Waals surface area contributed by atoms with E-state index in [4.69, 9.17) is 6.42 Å². The second kappa shape index (κ2) is 2.12. The predicted octanol–water partition coefficient (Wildman–Crippen LogP) is 2.20. The molecule has 2 aliphatic carbocycles. The van der Waals surface area contributed by atoms with Crippen molar-refractivity contribution in [2.24, 2.45) is 16.7 Å². The summed E-state index contributed by atoms with van der Waals surface area (Å²) in [5.74, 6) is 3.27. The first-order valence-electron chi connectivity index (χ1n) is 5.07. The molecule has 0 aromatic carbocycles. The Balaban J connectivity index is 2.53. The van der Waals surface area contributed by atoms with Crippen LogP contribution in [0.3, 0.4) is 0 Å². The van der Waals surface area contributed by atoms with E-state index in [1.54, 1.807) is 0 Å². The average Bonchev–Trinajstić information content (AvgIpc) is 2.51. The molecule has 0 aromatic rings. The van der Waals surface area contributed by atoms with E-state index in [2.05, 4.69) is 26.7 Å². The first kappa shape index (κ1) is 9.09. The van der Waals surface area contributed by atoms with Crippen molar-refractivity contribution >= 4 is 0 Å². The van der Waals surface area contributed by atoms with Gasteiger partial charge in [-0.15, -0.1) is 6.42 Å². The molecule has 1 heteroatoms. The lowest BCUT2D eigenvalue weighted by atomic mass is 9.61. The van der Waals surface area contributed by atoms with Crippen molar-refractivity contribution < 1.29 is 5.11 Å². The van der Waals surface area contributed by atoms with Gasteiger partial charge in [0.05, 0.1) is 0 Å². The summed E-state index contributed by atoms with van der Waals surface area (Å²) in [7, 11) is 0. The van der Waals surface area contributed by atoms with Gasteiger partial charge in [-0.1, -0.05) is 26.7 Å². The van der Waals surface area contributed by atoms with E-state index in [1.165, 1.54) is 6.42 Å². The van der Waals surface area contributed by atoms with Gasteiger partial charge in [0, 0.05) is 10.8 Å². The van der Waals surface area contributed by atoms with Crippen LogP contribution in [0.5, 0.6) is 0 Å². The summed E-state index contributed by atoms with van der Waals surface area (Å²) in [6, 6.07) is 0. The largest absolute Gasteiger partial charge is 0.376 e. The lowest BCUT2D eigenvalue weighted by Gasteiger charge is -2.47. The molecular formula is C12H18O. The van der Waals surface area contributed by atoms with Crippen molar-refractivity contribution in [1.29, 1.82) is 0 Å². The molecule has 0 amide bonds. The lowest BCUT2D eigenvalue weighted by molar-refractivity contribution is -0.0952. The Morgan fingerprint density at radius 1 is 1.38 bits per heavy atom. The van der Waals surface area contributed by atoms with Crippen LogP contribution in [-0.4, -0.2) is 10.7 Å². The van der Waals surface area contributed by atoms with E-state index in [0.29, 0.717) is 5.92 Å². The van der Waals surface area contributed by atoms with Crippen molar-refractivity contribution in [2.45, 2.75) is 45.6 Å². The molecule has 1 N–H and O–H groups in total. The van der Waals surface area contributed by atoms with Crippen LogP contribution in [0.15, 0.2) is 0 Å². The van der Waals surface area contributed by atoms with Crippen LogP contribution < -0.4 is 0 Å². The van der Waals surface area contributed by atoms with Gasteiger partial charge in [0.1, 0.15) is 5.60 Å². The molecule has 72 valence electrons. The molecule has 13 heavy (non-hydrogen) atoms. The minimum atomic E-state index is -0.886. The molecule has 0 radical (unpaired) electrons. The van der Waals surface area contributed by atoms with Gasteiger partial charge in [-0.3, -0.25) is 0 Å². The van der Waals surface area contributed by atoms with Gasteiger partial charge in [-0.2, -0.15) is 0 Å². The minimum Gasteiger partial charge on any atom is -0.376 e. The van der Waals surface area contributed by atoms with Crippen LogP contribution >= 0.6 is 0 Å². The fourth-order valence-corrected chi connectivity index (χ4v) is 3.62. The van der Waals surface area contributed by atoms with Gasteiger partial charge in [0.25, 0.3) is 0 Å². The zero-order chi connectivity index (χ0) is 9.91. The highest BCUT2D eigenvalue weighted by atomic mass is 16.3. The quantitative estimate of drug-likeness (QED) is 0.564. The van der Waals surface area contributed by atoms with Crippen molar-refractivity contribution in [3.05, 3.63) is 0 Å².